The van der Waals surface area contributed by atoms with Gasteiger partial charge in [-0.25, -0.2) is 4.98 Å². The van der Waals surface area contributed by atoms with E-state index < -0.39 is 0 Å². The van der Waals surface area contributed by atoms with Crippen LogP contribution in [0.1, 0.15) is 39.6 Å². The zero-order valence-corrected chi connectivity index (χ0v) is 11.2. The Morgan fingerprint density at radius 2 is 2.12 bits per heavy atom. The Labute approximate surface area is 105 Å². The molecule has 1 heterocycles. The van der Waals surface area contributed by atoms with E-state index >= 15 is 0 Å². The van der Waals surface area contributed by atoms with Gasteiger partial charge in [-0.15, -0.1) is 22.9 Å². The fourth-order valence-electron chi connectivity index (χ4n) is 1.42. The SMILES string of the molecule is Cc1nc(C)c(C(=O)NCCCCCCl)s1. The number of amides is 1. The molecule has 90 valence electrons. The molecule has 0 saturated heterocycles. The van der Waals surface area contributed by atoms with Crippen molar-refractivity contribution in [1.82, 2.24) is 10.3 Å². The Morgan fingerprint density at radius 3 is 2.69 bits per heavy atom. The second-order valence-corrected chi connectivity index (χ2v) is 5.23. The highest BCUT2D eigenvalue weighted by Gasteiger charge is 2.12. The highest BCUT2D eigenvalue weighted by molar-refractivity contribution is 7.13. The number of aryl methyl sites for hydroxylation is 2. The number of carbonyl (C=O) groups excluding carboxylic acids is 1. The minimum atomic E-state index is -0.00558. The van der Waals surface area contributed by atoms with Gasteiger partial charge in [-0.2, -0.15) is 0 Å². The smallest absolute Gasteiger partial charge is 0.263 e. The van der Waals surface area contributed by atoms with E-state index in [0.717, 1.165) is 34.8 Å². The van der Waals surface area contributed by atoms with Crippen LogP contribution >= 0.6 is 22.9 Å². The van der Waals surface area contributed by atoms with Gasteiger partial charge in [-0.3, -0.25) is 4.79 Å². The molecule has 0 unspecified atom stereocenters. The molecule has 1 rings (SSSR count). The zero-order chi connectivity index (χ0) is 12.0. The van der Waals surface area contributed by atoms with Gasteiger partial charge in [0.2, 0.25) is 0 Å². The average Bonchev–Trinajstić information content (AvgIpc) is 2.57. The van der Waals surface area contributed by atoms with Crippen molar-refractivity contribution in [2.75, 3.05) is 12.4 Å². The minimum Gasteiger partial charge on any atom is -0.351 e. The molecule has 0 aliphatic carbocycles. The standard InChI is InChI=1S/C11H17ClN2OS/c1-8-10(16-9(2)14-8)11(15)13-7-5-3-4-6-12/h3-7H2,1-2H3,(H,13,15). The molecule has 5 heteroatoms. The van der Waals surface area contributed by atoms with Gasteiger partial charge in [-0.05, 0) is 26.7 Å². The van der Waals surface area contributed by atoms with Gasteiger partial charge in [0.25, 0.3) is 5.91 Å². The van der Waals surface area contributed by atoms with E-state index in [4.69, 9.17) is 11.6 Å². The molecule has 0 aromatic carbocycles. The molecule has 0 radical (unpaired) electrons. The zero-order valence-electron chi connectivity index (χ0n) is 9.68. The van der Waals surface area contributed by atoms with Crippen LogP contribution in [0.25, 0.3) is 0 Å². The van der Waals surface area contributed by atoms with Crippen LogP contribution in [0.2, 0.25) is 0 Å². The van der Waals surface area contributed by atoms with Crippen molar-refractivity contribution in [3.8, 4) is 0 Å². The third-order valence-corrected chi connectivity index (χ3v) is 3.54. The van der Waals surface area contributed by atoms with Crippen LogP contribution in [0.4, 0.5) is 0 Å². The summed E-state index contributed by atoms with van der Waals surface area (Å²) >= 11 is 7.01. The number of nitrogens with one attached hydrogen (secondary N) is 1. The van der Waals surface area contributed by atoms with Gasteiger partial charge < -0.3 is 5.32 Å². The molecule has 3 nitrogen and oxygen atoms in total. The summed E-state index contributed by atoms with van der Waals surface area (Å²) in [6.07, 6.45) is 3.05. The maximum atomic E-state index is 11.7. The molecule has 0 saturated carbocycles. The van der Waals surface area contributed by atoms with Gasteiger partial charge in [0, 0.05) is 12.4 Å². The summed E-state index contributed by atoms with van der Waals surface area (Å²) in [6.45, 7) is 4.49. The predicted octanol–water partition coefficient (Wildman–Crippen LogP) is 2.90. The Kier molecular flexibility index (Phi) is 5.77. The van der Waals surface area contributed by atoms with Crippen LogP contribution < -0.4 is 5.32 Å². The molecule has 0 fully saturated rings. The molecular formula is C11H17ClN2OS. The van der Waals surface area contributed by atoms with Crippen LogP contribution in [-0.4, -0.2) is 23.3 Å². The molecule has 0 bridgehead atoms. The van der Waals surface area contributed by atoms with E-state index in [0.29, 0.717) is 12.4 Å². The van der Waals surface area contributed by atoms with Gasteiger partial charge >= 0.3 is 0 Å². The number of halogens is 1. The number of hydrogen-bond donors (Lipinski definition) is 1. The molecule has 1 aromatic heterocycles. The van der Waals surface area contributed by atoms with Gasteiger partial charge in [-0.1, -0.05) is 6.42 Å². The van der Waals surface area contributed by atoms with E-state index in [1.165, 1.54) is 11.3 Å². The molecule has 0 atom stereocenters. The number of aromatic nitrogens is 1. The maximum absolute atomic E-state index is 11.7. The lowest BCUT2D eigenvalue weighted by Gasteiger charge is -2.03. The van der Waals surface area contributed by atoms with Crippen LogP contribution in [0.3, 0.4) is 0 Å². The monoisotopic (exact) mass is 260 g/mol. The number of hydrogen-bond acceptors (Lipinski definition) is 3. The lowest BCUT2D eigenvalue weighted by atomic mass is 10.2. The number of thiazole rings is 1. The van der Waals surface area contributed by atoms with Crippen molar-refractivity contribution in [1.29, 1.82) is 0 Å². The normalized spacial score (nSPS) is 10.4. The van der Waals surface area contributed by atoms with Crippen LogP contribution in [0.15, 0.2) is 0 Å². The Hall–Kier alpha value is -0.610. The Morgan fingerprint density at radius 1 is 1.38 bits per heavy atom. The summed E-state index contributed by atoms with van der Waals surface area (Å²) in [5.74, 6) is 0.690. The molecule has 1 amide bonds. The first-order valence-electron chi connectivity index (χ1n) is 5.43. The molecule has 0 spiro atoms. The van der Waals surface area contributed by atoms with E-state index in [-0.39, 0.29) is 5.91 Å². The first-order valence-corrected chi connectivity index (χ1v) is 6.78. The number of carbonyl (C=O) groups is 1. The summed E-state index contributed by atoms with van der Waals surface area (Å²) in [4.78, 5) is 16.7. The van der Waals surface area contributed by atoms with E-state index in [1.807, 2.05) is 13.8 Å². The number of alkyl halides is 1. The predicted molar refractivity (Wildman–Crippen MR) is 68.5 cm³/mol. The topological polar surface area (TPSA) is 42.0 Å². The fraction of sp³-hybridized carbons (Fsp3) is 0.636. The van der Waals surface area contributed by atoms with E-state index in [9.17, 15) is 4.79 Å². The molecule has 1 aromatic rings. The summed E-state index contributed by atoms with van der Waals surface area (Å²) < 4.78 is 0. The molecule has 0 aliphatic heterocycles. The number of nitrogens with zero attached hydrogens (tertiary/aromatic N) is 1. The average molecular weight is 261 g/mol. The number of unbranched alkanes of at least 4 members (excludes halogenated alkanes) is 2. The fourth-order valence-corrected chi connectivity index (χ4v) is 2.45. The third kappa shape index (κ3) is 4.10. The second kappa shape index (κ2) is 6.86. The molecule has 0 aliphatic rings. The summed E-state index contributed by atoms with van der Waals surface area (Å²) in [6, 6.07) is 0. The van der Waals surface area contributed by atoms with Crippen molar-refractivity contribution in [2.45, 2.75) is 33.1 Å². The van der Waals surface area contributed by atoms with Gasteiger partial charge in [0.1, 0.15) is 4.88 Å². The van der Waals surface area contributed by atoms with Crippen LogP contribution in [0.5, 0.6) is 0 Å². The molecule has 16 heavy (non-hydrogen) atoms. The van der Waals surface area contributed by atoms with Gasteiger partial charge in [0.15, 0.2) is 0 Å². The van der Waals surface area contributed by atoms with Crippen LogP contribution in [-0.2, 0) is 0 Å². The summed E-state index contributed by atoms with van der Waals surface area (Å²) in [5, 5.41) is 3.84. The Bertz CT molecular complexity index is 352. The maximum Gasteiger partial charge on any atom is 0.263 e. The quantitative estimate of drug-likeness (QED) is 0.631. The van der Waals surface area contributed by atoms with E-state index in [2.05, 4.69) is 10.3 Å². The highest BCUT2D eigenvalue weighted by Crippen LogP contribution is 2.16. The first kappa shape index (κ1) is 13.5. The summed E-state index contributed by atoms with van der Waals surface area (Å²) in [7, 11) is 0. The largest absolute Gasteiger partial charge is 0.351 e. The third-order valence-electron chi connectivity index (χ3n) is 2.21. The van der Waals surface area contributed by atoms with E-state index in [1.54, 1.807) is 0 Å². The first-order chi connectivity index (χ1) is 7.65. The van der Waals surface area contributed by atoms with Crippen molar-refractivity contribution in [3.05, 3.63) is 15.6 Å². The lowest BCUT2D eigenvalue weighted by Crippen LogP contribution is -2.24. The Balaban J connectivity index is 2.33. The highest BCUT2D eigenvalue weighted by atomic mass is 35.5. The minimum absolute atomic E-state index is 0.00558. The lowest BCUT2D eigenvalue weighted by molar-refractivity contribution is 0.0956. The molecular weight excluding hydrogens is 244 g/mol. The second-order valence-electron chi connectivity index (χ2n) is 3.65. The van der Waals surface area contributed by atoms with Crippen molar-refractivity contribution >= 4 is 28.8 Å². The van der Waals surface area contributed by atoms with Crippen molar-refractivity contribution in [3.63, 3.8) is 0 Å². The number of rotatable bonds is 6. The van der Waals surface area contributed by atoms with Crippen molar-refractivity contribution < 1.29 is 4.79 Å². The van der Waals surface area contributed by atoms with Gasteiger partial charge in [0.05, 0.1) is 10.7 Å². The summed E-state index contributed by atoms with van der Waals surface area (Å²) in [5.41, 5.74) is 0.820. The molecule has 1 N–H and O–H groups in total. The van der Waals surface area contributed by atoms with Crippen molar-refractivity contribution in [2.24, 2.45) is 0 Å². The van der Waals surface area contributed by atoms with Crippen LogP contribution in [0, 0.1) is 13.8 Å².